The van der Waals surface area contributed by atoms with Crippen LogP contribution in [0.3, 0.4) is 0 Å². The number of rotatable bonds is 1. The maximum atomic E-state index is 10.3. The Kier molecular flexibility index (Phi) is 1.11. The smallest absolute Gasteiger partial charge is 0.123 e. The Balaban J connectivity index is 1.93. The van der Waals surface area contributed by atoms with Crippen molar-refractivity contribution >= 4 is 6.29 Å². The lowest BCUT2D eigenvalue weighted by Crippen LogP contribution is -2.08. The highest BCUT2D eigenvalue weighted by Gasteiger charge is 2.41. The molecule has 2 fully saturated rings. The summed E-state index contributed by atoms with van der Waals surface area (Å²) in [7, 11) is 0. The molecule has 1 nitrogen and oxygen atoms in total. The molecule has 3 unspecified atom stereocenters. The van der Waals surface area contributed by atoms with Gasteiger partial charge in [0.1, 0.15) is 6.29 Å². The molecule has 50 valence electrons. The molecule has 0 aromatic rings. The van der Waals surface area contributed by atoms with E-state index >= 15 is 0 Å². The van der Waals surface area contributed by atoms with Gasteiger partial charge in [-0.25, -0.2) is 0 Å². The lowest BCUT2D eigenvalue weighted by molar-refractivity contribution is -0.111. The maximum absolute atomic E-state index is 10.3. The average Bonchev–Trinajstić information content (AvgIpc) is 2.64. The fourth-order valence-electron chi connectivity index (χ4n) is 2.01. The molecule has 2 aliphatic rings. The number of carbonyl (C=O) groups excluding carboxylic acids is 1. The molecule has 9 heavy (non-hydrogen) atoms. The van der Waals surface area contributed by atoms with Gasteiger partial charge in [-0.15, -0.1) is 0 Å². The van der Waals surface area contributed by atoms with Crippen molar-refractivity contribution in [1.29, 1.82) is 0 Å². The number of hydrogen-bond donors (Lipinski definition) is 0. The Labute approximate surface area is 55.4 Å². The van der Waals surface area contributed by atoms with E-state index < -0.39 is 0 Å². The van der Waals surface area contributed by atoms with Crippen LogP contribution in [0.4, 0.5) is 0 Å². The fourth-order valence-corrected chi connectivity index (χ4v) is 2.01. The number of hydrogen-bond acceptors (Lipinski definition) is 1. The quantitative estimate of drug-likeness (QED) is 0.485. The third-order valence-corrected chi connectivity index (χ3v) is 2.78. The minimum Gasteiger partial charge on any atom is -0.303 e. The topological polar surface area (TPSA) is 17.1 Å². The van der Waals surface area contributed by atoms with Crippen molar-refractivity contribution in [1.82, 2.24) is 0 Å². The number of aldehydes is 1. The Morgan fingerprint density at radius 2 is 2.00 bits per heavy atom. The SMILES string of the molecule is O=CC1CCC2CC2C1. The second-order valence-electron chi connectivity index (χ2n) is 3.47. The molecule has 0 heterocycles. The van der Waals surface area contributed by atoms with E-state index in [1.54, 1.807) is 0 Å². The lowest BCUT2D eigenvalue weighted by Gasteiger charge is -2.13. The Bertz CT molecular complexity index is 131. The van der Waals surface area contributed by atoms with Crippen molar-refractivity contribution < 1.29 is 4.79 Å². The van der Waals surface area contributed by atoms with Gasteiger partial charge in [-0.3, -0.25) is 0 Å². The third-order valence-electron chi connectivity index (χ3n) is 2.78. The highest BCUT2D eigenvalue weighted by atomic mass is 16.1. The summed E-state index contributed by atoms with van der Waals surface area (Å²) in [5.41, 5.74) is 0. The molecule has 0 aromatic carbocycles. The van der Waals surface area contributed by atoms with Gasteiger partial charge in [0.15, 0.2) is 0 Å². The number of carbonyl (C=O) groups is 1. The van der Waals surface area contributed by atoms with Crippen LogP contribution >= 0.6 is 0 Å². The van der Waals surface area contributed by atoms with Gasteiger partial charge in [-0.05, 0) is 37.5 Å². The summed E-state index contributed by atoms with van der Waals surface area (Å²) < 4.78 is 0. The molecule has 1 heteroatoms. The third kappa shape index (κ3) is 0.887. The van der Waals surface area contributed by atoms with Crippen molar-refractivity contribution in [3.05, 3.63) is 0 Å². The summed E-state index contributed by atoms with van der Waals surface area (Å²) in [5, 5.41) is 0. The average molecular weight is 124 g/mol. The minimum atomic E-state index is 0.425. The molecule has 3 atom stereocenters. The molecule has 0 spiro atoms. The molecule has 2 saturated carbocycles. The second kappa shape index (κ2) is 1.83. The first kappa shape index (κ1) is 5.45. The van der Waals surface area contributed by atoms with Crippen LogP contribution < -0.4 is 0 Å². The predicted molar refractivity (Wildman–Crippen MR) is 35.0 cm³/mol. The van der Waals surface area contributed by atoms with E-state index in [9.17, 15) is 4.79 Å². The fraction of sp³-hybridized carbons (Fsp3) is 0.875. The number of fused-ring (bicyclic) bond motifs is 1. The van der Waals surface area contributed by atoms with Crippen molar-refractivity contribution in [2.75, 3.05) is 0 Å². The first-order valence-corrected chi connectivity index (χ1v) is 3.85. The van der Waals surface area contributed by atoms with Crippen LogP contribution in [0.15, 0.2) is 0 Å². The van der Waals surface area contributed by atoms with Gasteiger partial charge in [0, 0.05) is 5.92 Å². The Hall–Kier alpha value is -0.330. The molecule has 0 aliphatic heterocycles. The minimum absolute atomic E-state index is 0.425. The van der Waals surface area contributed by atoms with Gasteiger partial charge in [0.2, 0.25) is 0 Å². The van der Waals surface area contributed by atoms with E-state index in [0.29, 0.717) is 5.92 Å². The van der Waals surface area contributed by atoms with Crippen LogP contribution in [0.5, 0.6) is 0 Å². The van der Waals surface area contributed by atoms with Gasteiger partial charge >= 0.3 is 0 Å². The second-order valence-corrected chi connectivity index (χ2v) is 3.47. The summed E-state index contributed by atoms with van der Waals surface area (Å²) in [4.78, 5) is 10.3. The molecule has 0 aromatic heterocycles. The summed E-state index contributed by atoms with van der Waals surface area (Å²) in [6.07, 6.45) is 6.27. The summed E-state index contributed by atoms with van der Waals surface area (Å²) in [6, 6.07) is 0. The molecule has 2 rings (SSSR count). The van der Waals surface area contributed by atoms with Crippen LogP contribution in [0.1, 0.15) is 25.7 Å². The lowest BCUT2D eigenvalue weighted by atomic mass is 9.91. The molecule has 2 aliphatic carbocycles. The van der Waals surface area contributed by atoms with E-state index in [-0.39, 0.29) is 0 Å². The van der Waals surface area contributed by atoms with Crippen LogP contribution in [-0.2, 0) is 4.79 Å². The van der Waals surface area contributed by atoms with Crippen molar-refractivity contribution in [2.24, 2.45) is 17.8 Å². The Morgan fingerprint density at radius 1 is 1.11 bits per heavy atom. The summed E-state index contributed by atoms with van der Waals surface area (Å²) in [5.74, 6) is 2.41. The highest BCUT2D eigenvalue weighted by Crippen LogP contribution is 2.50. The standard InChI is InChI=1S/C8H12O/c9-5-6-1-2-7-4-8(7)3-6/h5-8H,1-4H2. The van der Waals surface area contributed by atoms with Crippen molar-refractivity contribution in [2.45, 2.75) is 25.7 Å². The van der Waals surface area contributed by atoms with Crippen molar-refractivity contribution in [3.8, 4) is 0 Å². The Morgan fingerprint density at radius 3 is 2.67 bits per heavy atom. The van der Waals surface area contributed by atoms with Crippen LogP contribution in [0, 0.1) is 17.8 Å². The molecular formula is C8H12O. The largest absolute Gasteiger partial charge is 0.303 e. The van der Waals surface area contributed by atoms with Gasteiger partial charge in [-0.2, -0.15) is 0 Å². The van der Waals surface area contributed by atoms with E-state index in [1.807, 2.05) is 0 Å². The maximum Gasteiger partial charge on any atom is 0.123 e. The van der Waals surface area contributed by atoms with Gasteiger partial charge < -0.3 is 4.79 Å². The zero-order valence-electron chi connectivity index (χ0n) is 5.55. The molecule has 0 amide bonds. The molecule has 0 saturated heterocycles. The van der Waals surface area contributed by atoms with Gasteiger partial charge in [0.05, 0.1) is 0 Å². The first-order valence-electron chi connectivity index (χ1n) is 3.85. The van der Waals surface area contributed by atoms with Gasteiger partial charge in [0.25, 0.3) is 0 Å². The van der Waals surface area contributed by atoms with E-state index in [2.05, 4.69) is 0 Å². The van der Waals surface area contributed by atoms with Crippen LogP contribution in [0.25, 0.3) is 0 Å². The zero-order chi connectivity index (χ0) is 6.27. The van der Waals surface area contributed by atoms with E-state index in [0.717, 1.165) is 18.1 Å². The first-order chi connectivity index (χ1) is 4.40. The summed E-state index contributed by atoms with van der Waals surface area (Å²) in [6.45, 7) is 0. The van der Waals surface area contributed by atoms with E-state index in [4.69, 9.17) is 0 Å². The highest BCUT2D eigenvalue weighted by molar-refractivity contribution is 5.53. The van der Waals surface area contributed by atoms with Crippen molar-refractivity contribution in [3.63, 3.8) is 0 Å². The molecule has 0 bridgehead atoms. The predicted octanol–water partition coefficient (Wildman–Crippen LogP) is 1.62. The summed E-state index contributed by atoms with van der Waals surface area (Å²) >= 11 is 0. The molecule has 0 radical (unpaired) electrons. The van der Waals surface area contributed by atoms with Crippen LogP contribution in [-0.4, -0.2) is 6.29 Å². The monoisotopic (exact) mass is 124 g/mol. The normalized spacial score (nSPS) is 47.8. The zero-order valence-corrected chi connectivity index (χ0v) is 5.55. The van der Waals surface area contributed by atoms with E-state index in [1.165, 1.54) is 25.7 Å². The van der Waals surface area contributed by atoms with Crippen LogP contribution in [0.2, 0.25) is 0 Å². The van der Waals surface area contributed by atoms with Gasteiger partial charge in [-0.1, -0.05) is 0 Å². The molecular weight excluding hydrogens is 112 g/mol. The molecule has 0 N–H and O–H groups in total.